The third-order valence-corrected chi connectivity index (χ3v) is 4.14. The molecule has 1 amide bonds. The molecular formula is C20H23N3O4. The minimum absolute atomic E-state index is 0.0714. The van der Waals surface area contributed by atoms with Gasteiger partial charge in [0.1, 0.15) is 11.5 Å². The monoisotopic (exact) mass is 369 g/mol. The number of nitrogens with one attached hydrogen (secondary N) is 1. The quantitative estimate of drug-likeness (QED) is 0.847. The average Bonchev–Trinajstić information content (AvgIpc) is 2.95. The molecule has 1 heterocycles. The number of carbonyl (C=O) groups excluding carboxylic acids is 1. The number of hydroxylamine groups is 2. The van der Waals surface area contributed by atoms with Gasteiger partial charge in [-0.05, 0) is 31.2 Å². The van der Waals surface area contributed by atoms with Gasteiger partial charge in [-0.2, -0.15) is 0 Å². The molecule has 1 atom stereocenters. The molecule has 0 aromatic heterocycles. The first-order chi connectivity index (χ1) is 12.9. The van der Waals surface area contributed by atoms with Crippen LogP contribution in [0.3, 0.4) is 0 Å². The number of hydrogen-bond donors (Lipinski definition) is 1. The van der Waals surface area contributed by atoms with E-state index in [0.717, 1.165) is 11.3 Å². The van der Waals surface area contributed by atoms with E-state index < -0.39 is 5.72 Å². The second kappa shape index (κ2) is 7.67. The van der Waals surface area contributed by atoms with Gasteiger partial charge < -0.3 is 14.8 Å². The van der Waals surface area contributed by atoms with Crippen molar-refractivity contribution < 1.29 is 19.1 Å². The predicted octanol–water partition coefficient (Wildman–Crippen LogP) is 3.07. The van der Waals surface area contributed by atoms with Crippen LogP contribution in [0.2, 0.25) is 0 Å². The molecule has 3 rings (SSSR count). The lowest BCUT2D eigenvalue weighted by atomic mass is 10.1. The molecule has 1 unspecified atom stereocenters. The summed E-state index contributed by atoms with van der Waals surface area (Å²) in [5.41, 5.74) is 0.524. The zero-order valence-electron chi connectivity index (χ0n) is 15.9. The number of amides is 1. The van der Waals surface area contributed by atoms with Crippen molar-refractivity contribution in [3.8, 4) is 11.5 Å². The van der Waals surface area contributed by atoms with Crippen molar-refractivity contribution in [2.24, 2.45) is 4.99 Å². The fourth-order valence-electron chi connectivity index (χ4n) is 2.94. The van der Waals surface area contributed by atoms with Gasteiger partial charge in [0.05, 0.1) is 20.6 Å². The molecule has 0 bridgehead atoms. The fourth-order valence-corrected chi connectivity index (χ4v) is 2.94. The van der Waals surface area contributed by atoms with E-state index >= 15 is 0 Å². The predicted molar refractivity (Wildman–Crippen MR) is 103 cm³/mol. The van der Waals surface area contributed by atoms with Crippen LogP contribution in [0.4, 0.5) is 5.69 Å². The summed E-state index contributed by atoms with van der Waals surface area (Å²) >= 11 is 0. The Kier molecular flexibility index (Phi) is 5.32. The highest BCUT2D eigenvalue weighted by Crippen LogP contribution is 2.29. The molecule has 0 aliphatic carbocycles. The summed E-state index contributed by atoms with van der Waals surface area (Å²) < 4.78 is 10.4. The smallest absolute Gasteiger partial charge is 0.229 e. The number of amidine groups is 1. The summed E-state index contributed by atoms with van der Waals surface area (Å²) in [7, 11) is 4.96. The van der Waals surface area contributed by atoms with Crippen LogP contribution in [0.15, 0.2) is 53.5 Å². The molecule has 7 heteroatoms. The summed E-state index contributed by atoms with van der Waals surface area (Å²) in [6.45, 7) is 1.78. The Morgan fingerprint density at radius 3 is 2.52 bits per heavy atom. The number of nitrogens with zero attached hydrogens (tertiary/aromatic N) is 2. The van der Waals surface area contributed by atoms with Crippen LogP contribution in [0.25, 0.3) is 0 Å². The number of hydrogen-bond acceptors (Lipinski definition) is 6. The molecule has 2 aromatic carbocycles. The SMILES string of the molecule is COc1cccc(NC(=O)CC2(C)N=C(c3cccc(OC)c3)N(C)O2)c1. The van der Waals surface area contributed by atoms with E-state index in [0.29, 0.717) is 17.3 Å². The topological polar surface area (TPSA) is 72.4 Å². The Bertz CT molecular complexity index is 868. The van der Waals surface area contributed by atoms with E-state index in [4.69, 9.17) is 14.3 Å². The first-order valence-electron chi connectivity index (χ1n) is 8.53. The van der Waals surface area contributed by atoms with Gasteiger partial charge in [0, 0.05) is 24.4 Å². The van der Waals surface area contributed by atoms with E-state index in [1.165, 1.54) is 0 Å². The largest absolute Gasteiger partial charge is 0.497 e. The normalized spacial score (nSPS) is 18.8. The summed E-state index contributed by atoms with van der Waals surface area (Å²) in [5.74, 6) is 1.85. The van der Waals surface area contributed by atoms with Gasteiger partial charge in [0.2, 0.25) is 5.91 Å². The molecule has 7 nitrogen and oxygen atoms in total. The summed E-state index contributed by atoms with van der Waals surface area (Å²) in [6, 6.07) is 14.7. The number of benzene rings is 2. The van der Waals surface area contributed by atoms with Gasteiger partial charge in [0.15, 0.2) is 11.6 Å². The lowest BCUT2D eigenvalue weighted by Crippen LogP contribution is -2.32. The number of rotatable bonds is 6. The molecular weight excluding hydrogens is 346 g/mol. The molecule has 0 saturated heterocycles. The minimum Gasteiger partial charge on any atom is -0.497 e. The zero-order chi connectivity index (χ0) is 19.4. The van der Waals surface area contributed by atoms with Gasteiger partial charge in [-0.1, -0.05) is 18.2 Å². The van der Waals surface area contributed by atoms with Gasteiger partial charge in [-0.3, -0.25) is 4.79 Å². The Balaban J connectivity index is 1.73. The number of anilines is 1. The summed E-state index contributed by atoms with van der Waals surface area (Å²) in [4.78, 5) is 23.0. The van der Waals surface area contributed by atoms with Crippen LogP contribution in [0, 0.1) is 0 Å². The van der Waals surface area contributed by atoms with E-state index in [1.807, 2.05) is 36.4 Å². The highest BCUT2D eigenvalue weighted by atomic mass is 16.7. The molecule has 0 radical (unpaired) electrons. The van der Waals surface area contributed by atoms with E-state index in [1.54, 1.807) is 45.4 Å². The maximum atomic E-state index is 12.5. The van der Waals surface area contributed by atoms with Crippen LogP contribution in [0.1, 0.15) is 18.9 Å². The van der Waals surface area contributed by atoms with Crippen molar-refractivity contribution in [3.05, 3.63) is 54.1 Å². The van der Waals surface area contributed by atoms with Crippen molar-refractivity contribution in [2.45, 2.75) is 19.1 Å². The number of ether oxygens (including phenoxy) is 2. The molecule has 0 spiro atoms. The molecule has 1 aliphatic heterocycles. The number of carbonyl (C=O) groups is 1. The Morgan fingerprint density at radius 2 is 1.81 bits per heavy atom. The van der Waals surface area contributed by atoms with E-state index in [-0.39, 0.29) is 12.3 Å². The van der Waals surface area contributed by atoms with Crippen molar-refractivity contribution in [1.82, 2.24) is 5.06 Å². The number of methoxy groups -OCH3 is 2. The van der Waals surface area contributed by atoms with Gasteiger partial charge in [-0.25, -0.2) is 14.9 Å². The average molecular weight is 369 g/mol. The first kappa shape index (κ1) is 18.7. The van der Waals surface area contributed by atoms with E-state index in [2.05, 4.69) is 10.3 Å². The van der Waals surface area contributed by atoms with Crippen LogP contribution in [-0.4, -0.2) is 43.8 Å². The second-order valence-electron chi connectivity index (χ2n) is 6.39. The Morgan fingerprint density at radius 1 is 1.15 bits per heavy atom. The first-order valence-corrected chi connectivity index (χ1v) is 8.53. The third-order valence-electron chi connectivity index (χ3n) is 4.14. The van der Waals surface area contributed by atoms with Crippen molar-refractivity contribution in [2.75, 3.05) is 26.6 Å². The highest BCUT2D eigenvalue weighted by Gasteiger charge is 2.38. The van der Waals surface area contributed by atoms with Crippen molar-refractivity contribution >= 4 is 17.4 Å². The lowest BCUT2D eigenvalue weighted by molar-refractivity contribution is -0.164. The standard InChI is InChI=1S/C20H23N3O4/c1-20(13-18(24)21-15-8-6-10-17(12-15)26-4)22-19(23(2)27-20)14-7-5-9-16(11-14)25-3/h5-12H,13H2,1-4H3,(H,21,24). The summed E-state index contributed by atoms with van der Waals surface area (Å²) in [5, 5.41) is 4.43. The van der Waals surface area contributed by atoms with Crippen LogP contribution >= 0.6 is 0 Å². The molecule has 1 aliphatic rings. The Hall–Kier alpha value is -3.06. The van der Waals surface area contributed by atoms with Gasteiger partial charge in [0.25, 0.3) is 0 Å². The maximum absolute atomic E-state index is 12.5. The van der Waals surface area contributed by atoms with Crippen molar-refractivity contribution in [3.63, 3.8) is 0 Å². The van der Waals surface area contributed by atoms with E-state index in [9.17, 15) is 4.79 Å². The second-order valence-corrected chi connectivity index (χ2v) is 6.39. The van der Waals surface area contributed by atoms with Crippen LogP contribution in [-0.2, 0) is 9.63 Å². The minimum atomic E-state index is -0.990. The molecule has 0 saturated carbocycles. The molecule has 1 N–H and O–H groups in total. The lowest BCUT2D eigenvalue weighted by Gasteiger charge is -2.21. The Labute approximate surface area is 158 Å². The zero-order valence-corrected chi connectivity index (χ0v) is 15.9. The number of aliphatic imine (C=N–C) groups is 1. The highest BCUT2D eigenvalue weighted by molar-refractivity contribution is 6.00. The molecule has 27 heavy (non-hydrogen) atoms. The van der Waals surface area contributed by atoms with Crippen LogP contribution in [0.5, 0.6) is 11.5 Å². The maximum Gasteiger partial charge on any atom is 0.229 e. The van der Waals surface area contributed by atoms with Crippen molar-refractivity contribution in [1.29, 1.82) is 0 Å². The third kappa shape index (κ3) is 4.38. The fraction of sp³-hybridized carbons (Fsp3) is 0.300. The molecule has 2 aromatic rings. The van der Waals surface area contributed by atoms with Gasteiger partial charge >= 0.3 is 0 Å². The van der Waals surface area contributed by atoms with Crippen LogP contribution < -0.4 is 14.8 Å². The molecule has 142 valence electrons. The van der Waals surface area contributed by atoms with Gasteiger partial charge in [-0.15, -0.1) is 0 Å². The summed E-state index contributed by atoms with van der Waals surface area (Å²) in [6.07, 6.45) is 0.0714. The molecule has 0 fully saturated rings.